The average molecular weight is 346 g/mol. The lowest BCUT2D eigenvalue weighted by atomic mass is 9.73. The molecule has 3 unspecified atom stereocenters. The Balaban J connectivity index is 1.67. The van der Waals surface area contributed by atoms with Crippen LogP contribution >= 0.6 is 11.3 Å². The van der Waals surface area contributed by atoms with Gasteiger partial charge in [-0.2, -0.15) is 0 Å². The van der Waals surface area contributed by atoms with Crippen molar-refractivity contribution in [1.82, 2.24) is 4.90 Å². The van der Waals surface area contributed by atoms with Gasteiger partial charge in [-0.05, 0) is 50.4 Å². The summed E-state index contributed by atoms with van der Waals surface area (Å²) in [6, 6.07) is 14.4. The molecule has 1 saturated carbocycles. The normalized spacial score (nSPS) is 27.5. The molecule has 3 atom stereocenters. The van der Waals surface area contributed by atoms with E-state index < -0.39 is 5.60 Å². The first kappa shape index (κ1) is 17.6. The van der Waals surface area contributed by atoms with E-state index in [0.717, 1.165) is 30.7 Å². The van der Waals surface area contributed by atoms with E-state index in [-0.39, 0.29) is 12.0 Å². The van der Waals surface area contributed by atoms with Crippen LogP contribution in [0.2, 0.25) is 0 Å². The summed E-state index contributed by atoms with van der Waals surface area (Å²) in [4.78, 5) is 3.26. The highest BCUT2D eigenvalue weighted by Crippen LogP contribution is 2.44. The summed E-state index contributed by atoms with van der Waals surface area (Å²) in [7, 11) is 4.15. The molecule has 1 fully saturated rings. The zero-order valence-corrected chi connectivity index (χ0v) is 15.3. The molecule has 3 nitrogen and oxygen atoms in total. The Labute approximate surface area is 148 Å². The summed E-state index contributed by atoms with van der Waals surface area (Å²) < 4.78 is 6.17. The van der Waals surface area contributed by atoms with Crippen molar-refractivity contribution in [1.29, 1.82) is 0 Å². The van der Waals surface area contributed by atoms with E-state index in [0.29, 0.717) is 6.61 Å². The molecule has 4 heteroatoms. The Morgan fingerprint density at radius 2 is 2.00 bits per heavy atom. The Morgan fingerprint density at radius 1 is 1.21 bits per heavy atom. The fraction of sp³-hybridized carbons (Fsp3) is 0.500. The molecular weight excluding hydrogens is 318 g/mol. The van der Waals surface area contributed by atoms with Crippen LogP contribution in [0.15, 0.2) is 47.8 Å². The molecule has 0 bridgehead atoms. The van der Waals surface area contributed by atoms with Gasteiger partial charge in [-0.15, -0.1) is 11.3 Å². The van der Waals surface area contributed by atoms with E-state index in [9.17, 15) is 5.11 Å². The fourth-order valence-electron chi connectivity index (χ4n) is 3.67. The van der Waals surface area contributed by atoms with Crippen LogP contribution in [0.4, 0.5) is 0 Å². The monoisotopic (exact) mass is 345 g/mol. The van der Waals surface area contributed by atoms with Crippen LogP contribution in [0, 0.1) is 5.92 Å². The van der Waals surface area contributed by atoms with Gasteiger partial charge in [-0.25, -0.2) is 0 Å². The maximum absolute atomic E-state index is 11.4. The summed E-state index contributed by atoms with van der Waals surface area (Å²) in [5.74, 6) is 0.195. The summed E-state index contributed by atoms with van der Waals surface area (Å²) in [5.41, 5.74) is 0.492. The van der Waals surface area contributed by atoms with Gasteiger partial charge in [0.15, 0.2) is 0 Å². The molecule has 0 amide bonds. The standard InChI is InChI=1S/C20H27NO2S/c1-21(2)14-17-13-18(23-15-16-7-4-3-5-8-16)10-11-20(17,22)19-9-6-12-24-19/h3-9,12,17-18,22H,10-11,13-15H2,1-2H3. The van der Waals surface area contributed by atoms with Gasteiger partial charge >= 0.3 is 0 Å². The molecule has 0 saturated heterocycles. The molecule has 1 N–H and O–H groups in total. The molecule has 2 aromatic rings. The van der Waals surface area contributed by atoms with Crippen LogP contribution in [0.5, 0.6) is 0 Å². The Bertz CT molecular complexity index is 614. The van der Waals surface area contributed by atoms with Crippen molar-refractivity contribution in [2.75, 3.05) is 20.6 Å². The number of aliphatic hydroxyl groups is 1. The predicted molar refractivity (Wildman–Crippen MR) is 99.1 cm³/mol. The molecule has 130 valence electrons. The second-order valence-corrected chi connectivity index (χ2v) is 8.00. The van der Waals surface area contributed by atoms with E-state index >= 15 is 0 Å². The van der Waals surface area contributed by atoms with Crippen molar-refractivity contribution in [3.63, 3.8) is 0 Å². The first-order valence-corrected chi connectivity index (χ1v) is 9.52. The third kappa shape index (κ3) is 4.06. The molecular formula is C20H27NO2S. The van der Waals surface area contributed by atoms with Crippen molar-refractivity contribution in [2.45, 2.75) is 37.6 Å². The fourth-order valence-corrected chi connectivity index (χ4v) is 4.60. The van der Waals surface area contributed by atoms with Crippen molar-refractivity contribution < 1.29 is 9.84 Å². The lowest BCUT2D eigenvalue weighted by Crippen LogP contribution is -2.46. The average Bonchev–Trinajstić information content (AvgIpc) is 3.11. The minimum atomic E-state index is -0.717. The van der Waals surface area contributed by atoms with E-state index in [1.54, 1.807) is 11.3 Å². The van der Waals surface area contributed by atoms with Crippen LogP contribution in [0.3, 0.4) is 0 Å². The summed E-state index contributed by atoms with van der Waals surface area (Å²) >= 11 is 1.66. The first-order chi connectivity index (χ1) is 11.6. The van der Waals surface area contributed by atoms with Crippen LogP contribution in [0.25, 0.3) is 0 Å². The van der Waals surface area contributed by atoms with Crippen molar-refractivity contribution in [2.24, 2.45) is 5.92 Å². The molecule has 1 aliphatic rings. The van der Waals surface area contributed by atoms with Gasteiger partial charge in [0.1, 0.15) is 5.60 Å². The van der Waals surface area contributed by atoms with Crippen LogP contribution in [0.1, 0.15) is 29.7 Å². The summed E-state index contributed by atoms with van der Waals surface area (Å²) in [5, 5.41) is 13.4. The number of hydrogen-bond acceptors (Lipinski definition) is 4. The number of ether oxygens (including phenoxy) is 1. The second kappa shape index (κ2) is 7.79. The topological polar surface area (TPSA) is 32.7 Å². The van der Waals surface area contributed by atoms with E-state index in [4.69, 9.17) is 4.74 Å². The number of hydrogen-bond donors (Lipinski definition) is 1. The molecule has 0 aliphatic heterocycles. The molecule has 1 heterocycles. The maximum Gasteiger partial charge on any atom is 0.103 e. The lowest BCUT2D eigenvalue weighted by molar-refractivity contribution is -0.108. The highest BCUT2D eigenvalue weighted by atomic mass is 32.1. The molecule has 0 radical (unpaired) electrons. The molecule has 1 aliphatic carbocycles. The van der Waals surface area contributed by atoms with Crippen LogP contribution in [-0.2, 0) is 16.9 Å². The SMILES string of the molecule is CN(C)CC1CC(OCc2ccccc2)CCC1(O)c1cccs1. The van der Waals surface area contributed by atoms with Gasteiger partial charge in [0.25, 0.3) is 0 Å². The molecule has 1 aromatic heterocycles. The Morgan fingerprint density at radius 3 is 2.67 bits per heavy atom. The van der Waals surface area contributed by atoms with Crippen molar-refractivity contribution in [3.8, 4) is 0 Å². The number of nitrogens with zero attached hydrogens (tertiary/aromatic N) is 1. The smallest absolute Gasteiger partial charge is 0.103 e. The third-order valence-electron chi connectivity index (χ3n) is 4.93. The maximum atomic E-state index is 11.4. The number of thiophene rings is 1. The van der Waals surface area contributed by atoms with Gasteiger partial charge in [0.05, 0.1) is 12.7 Å². The van der Waals surface area contributed by atoms with Gasteiger partial charge in [-0.1, -0.05) is 36.4 Å². The van der Waals surface area contributed by atoms with Crippen molar-refractivity contribution in [3.05, 3.63) is 58.3 Å². The van der Waals surface area contributed by atoms with E-state index in [2.05, 4.69) is 42.6 Å². The van der Waals surface area contributed by atoms with E-state index in [1.165, 1.54) is 5.56 Å². The molecule has 1 aromatic carbocycles. The van der Waals surface area contributed by atoms with Crippen LogP contribution in [-0.4, -0.2) is 36.8 Å². The minimum absolute atomic E-state index is 0.195. The predicted octanol–water partition coefficient (Wildman–Crippen LogP) is 3.88. The number of rotatable bonds is 6. The van der Waals surface area contributed by atoms with Gasteiger partial charge in [0, 0.05) is 17.3 Å². The second-order valence-electron chi connectivity index (χ2n) is 7.05. The molecule has 0 spiro atoms. The summed E-state index contributed by atoms with van der Waals surface area (Å²) in [6.45, 7) is 1.53. The largest absolute Gasteiger partial charge is 0.384 e. The van der Waals surface area contributed by atoms with Crippen molar-refractivity contribution >= 4 is 11.3 Å². The summed E-state index contributed by atoms with van der Waals surface area (Å²) in [6.07, 6.45) is 2.80. The minimum Gasteiger partial charge on any atom is -0.384 e. The lowest BCUT2D eigenvalue weighted by Gasteiger charge is -2.43. The van der Waals surface area contributed by atoms with Gasteiger partial charge < -0.3 is 14.7 Å². The first-order valence-electron chi connectivity index (χ1n) is 8.64. The Hall–Kier alpha value is -1.20. The zero-order chi connectivity index (χ0) is 17.0. The zero-order valence-electron chi connectivity index (χ0n) is 14.5. The quantitative estimate of drug-likeness (QED) is 0.862. The van der Waals surface area contributed by atoms with Gasteiger partial charge in [-0.3, -0.25) is 0 Å². The highest BCUT2D eigenvalue weighted by Gasteiger charge is 2.44. The Kier molecular flexibility index (Phi) is 5.72. The third-order valence-corrected chi connectivity index (χ3v) is 5.97. The van der Waals surface area contributed by atoms with E-state index in [1.807, 2.05) is 24.3 Å². The molecule has 3 rings (SSSR count). The molecule has 24 heavy (non-hydrogen) atoms. The highest BCUT2D eigenvalue weighted by molar-refractivity contribution is 7.10. The van der Waals surface area contributed by atoms with Gasteiger partial charge in [0.2, 0.25) is 0 Å². The van der Waals surface area contributed by atoms with Crippen LogP contribution < -0.4 is 0 Å². The number of benzene rings is 1.